The third-order valence-electron chi connectivity index (χ3n) is 6.70. The summed E-state index contributed by atoms with van der Waals surface area (Å²) in [7, 11) is 0. The van der Waals surface area contributed by atoms with Crippen LogP contribution in [0.2, 0.25) is 0 Å². The maximum Gasteiger partial charge on any atom is 0.294 e. The Bertz CT molecular complexity index is 1240. The Labute approximate surface area is 206 Å². The van der Waals surface area contributed by atoms with Crippen LogP contribution in [0.4, 0.5) is 5.69 Å². The molecule has 1 aliphatic carbocycles. The van der Waals surface area contributed by atoms with Crippen LogP contribution in [0.1, 0.15) is 59.2 Å². The van der Waals surface area contributed by atoms with Gasteiger partial charge in [0.05, 0.1) is 12.2 Å². The Morgan fingerprint density at radius 1 is 0.971 bits per heavy atom. The number of carbonyl (C=O) groups is 2. The van der Waals surface area contributed by atoms with Gasteiger partial charge in [-0.2, -0.15) is 0 Å². The van der Waals surface area contributed by atoms with E-state index in [2.05, 4.69) is 17.4 Å². The SMILES string of the molecule is Cc1ccc(CN2C(=O)/C(=C\c3ccc(C(=O)NC4CCCCC4)cc3)Oc3ccccc32)cc1. The number of rotatable bonds is 5. The second kappa shape index (κ2) is 10.2. The minimum atomic E-state index is -0.191. The summed E-state index contributed by atoms with van der Waals surface area (Å²) in [6.07, 6.45) is 7.45. The van der Waals surface area contributed by atoms with Crippen molar-refractivity contribution in [1.29, 1.82) is 0 Å². The van der Waals surface area contributed by atoms with Gasteiger partial charge in [0, 0.05) is 11.6 Å². The van der Waals surface area contributed by atoms with E-state index in [9.17, 15) is 9.59 Å². The zero-order valence-corrected chi connectivity index (χ0v) is 20.0. The smallest absolute Gasteiger partial charge is 0.294 e. The van der Waals surface area contributed by atoms with Gasteiger partial charge in [-0.25, -0.2) is 0 Å². The molecule has 5 nitrogen and oxygen atoms in total. The number of anilines is 1. The lowest BCUT2D eigenvalue weighted by Gasteiger charge is -2.30. The Balaban J connectivity index is 1.35. The second-order valence-corrected chi connectivity index (χ2v) is 9.39. The van der Waals surface area contributed by atoms with Crippen molar-refractivity contribution in [1.82, 2.24) is 5.32 Å². The van der Waals surface area contributed by atoms with Gasteiger partial charge in [-0.05, 0) is 61.2 Å². The van der Waals surface area contributed by atoms with Crippen LogP contribution in [0.5, 0.6) is 5.75 Å². The summed E-state index contributed by atoms with van der Waals surface area (Å²) in [4.78, 5) is 27.8. The minimum Gasteiger partial charge on any atom is -0.449 e. The summed E-state index contributed by atoms with van der Waals surface area (Å²) < 4.78 is 6.00. The number of hydrogen-bond donors (Lipinski definition) is 1. The number of ether oxygens (including phenoxy) is 1. The molecule has 2 aliphatic rings. The highest BCUT2D eigenvalue weighted by atomic mass is 16.5. The molecule has 35 heavy (non-hydrogen) atoms. The van der Waals surface area contributed by atoms with Gasteiger partial charge in [-0.15, -0.1) is 0 Å². The molecule has 1 aliphatic heterocycles. The van der Waals surface area contributed by atoms with Gasteiger partial charge >= 0.3 is 0 Å². The van der Waals surface area contributed by atoms with Crippen molar-refractivity contribution in [3.8, 4) is 5.75 Å². The highest BCUT2D eigenvalue weighted by molar-refractivity contribution is 6.09. The van der Waals surface area contributed by atoms with E-state index in [1.54, 1.807) is 23.1 Å². The Kier molecular flexibility index (Phi) is 6.66. The van der Waals surface area contributed by atoms with E-state index < -0.39 is 0 Å². The van der Waals surface area contributed by atoms with Crippen molar-refractivity contribution in [3.05, 3.63) is 101 Å². The first kappa shape index (κ1) is 22.9. The van der Waals surface area contributed by atoms with E-state index in [0.717, 1.165) is 29.7 Å². The number of fused-ring (bicyclic) bond motifs is 1. The zero-order valence-electron chi connectivity index (χ0n) is 20.0. The van der Waals surface area contributed by atoms with E-state index in [1.165, 1.54) is 24.8 Å². The predicted octanol–water partition coefficient (Wildman–Crippen LogP) is 6.02. The molecule has 3 aromatic carbocycles. The standard InChI is InChI=1S/C30H30N2O3/c1-21-11-13-23(14-12-21)20-32-26-9-5-6-10-27(26)35-28(30(32)34)19-22-15-17-24(18-16-22)29(33)31-25-7-3-2-4-8-25/h5-6,9-19,25H,2-4,7-8,20H2,1H3,(H,31,33)/b28-19+. The highest BCUT2D eigenvalue weighted by Crippen LogP contribution is 2.36. The molecular formula is C30H30N2O3. The van der Waals surface area contributed by atoms with Crippen molar-refractivity contribution in [2.24, 2.45) is 0 Å². The topological polar surface area (TPSA) is 58.6 Å². The van der Waals surface area contributed by atoms with Gasteiger partial charge < -0.3 is 10.1 Å². The summed E-state index contributed by atoms with van der Waals surface area (Å²) in [5.74, 6) is 0.673. The minimum absolute atomic E-state index is 0.0423. The number of nitrogens with zero attached hydrogens (tertiary/aromatic N) is 1. The summed E-state index contributed by atoms with van der Waals surface area (Å²) in [6, 6.07) is 23.3. The Hall–Kier alpha value is -3.86. The third kappa shape index (κ3) is 5.29. The van der Waals surface area contributed by atoms with Crippen molar-refractivity contribution < 1.29 is 14.3 Å². The molecule has 0 saturated heterocycles. The molecule has 5 rings (SSSR count). The van der Waals surface area contributed by atoms with Gasteiger partial charge in [0.1, 0.15) is 0 Å². The number of aryl methyl sites for hydroxylation is 1. The molecular weight excluding hydrogens is 436 g/mol. The molecule has 1 N–H and O–H groups in total. The quantitative estimate of drug-likeness (QED) is 0.468. The van der Waals surface area contributed by atoms with Crippen LogP contribution in [-0.4, -0.2) is 17.9 Å². The number of benzene rings is 3. The predicted molar refractivity (Wildman–Crippen MR) is 138 cm³/mol. The van der Waals surface area contributed by atoms with Gasteiger partial charge in [0.15, 0.2) is 11.5 Å². The van der Waals surface area contributed by atoms with Gasteiger partial charge in [-0.1, -0.05) is 73.4 Å². The summed E-state index contributed by atoms with van der Waals surface area (Å²) in [6.45, 7) is 2.50. The first-order chi connectivity index (χ1) is 17.1. The van der Waals surface area contributed by atoms with Crippen LogP contribution in [0.15, 0.2) is 78.6 Å². The van der Waals surface area contributed by atoms with Crippen molar-refractivity contribution in [2.45, 2.75) is 51.6 Å². The number of carbonyl (C=O) groups excluding carboxylic acids is 2. The van der Waals surface area contributed by atoms with E-state index >= 15 is 0 Å². The van der Waals surface area contributed by atoms with Crippen molar-refractivity contribution in [2.75, 3.05) is 4.90 Å². The highest BCUT2D eigenvalue weighted by Gasteiger charge is 2.30. The fraction of sp³-hybridized carbons (Fsp3) is 0.267. The van der Waals surface area contributed by atoms with Crippen LogP contribution in [0.25, 0.3) is 6.08 Å². The first-order valence-electron chi connectivity index (χ1n) is 12.3. The zero-order chi connectivity index (χ0) is 24.2. The average molecular weight is 467 g/mol. The van der Waals surface area contributed by atoms with Crippen LogP contribution in [-0.2, 0) is 11.3 Å². The first-order valence-corrected chi connectivity index (χ1v) is 12.3. The van der Waals surface area contributed by atoms with E-state index in [0.29, 0.717) is 17.9 Å². The average Bonchev–Trinajstić information content (AvgIpc) is 2.88. The molecule has 0 bridgehead atoms. The summed E-state index contributed by atoms with van der Waals surface area (Å²) in [5, 5.41) is 3.15. The molecule has 178 valence electrons. The largest absolute Gasteiger partial charge is 0.449 e. The normalized spacial score (nSPS) is 17.1. The summed E-state index contributed by atoms with van der Waals surface area (Å²) in [5.41, 5.74) is 4.41. The molecule has 1 fully saturated rings. The molecule has 0 atom stereocenters. The van der Waals surface area contributed by atoms with Crippen LogP contribution < -0.4 is 15.0 Å². The molecule has 0 spiro atoms. The van der Waals surface area contributed by atoms with Gasteiger partial charge in [0.25, 0.3) is 11.8 Å². The second-order valence-electron chi connectivity index (χ2n) is 9.39. The van der Waals surface area contributed by atoms with Crippen LogP contribution >= 0.6 is 0 Å². The Morgan fingerprint density at radius 2 is 1.69 bits per heavy atom. The van der Waals surface area contributed by atoms with Gasteiger partial charge in [-0.3, -0.25) is 14.5 Å². The number of para-hydroxylation sites is 2. The van der Waals surface area contributed by atoms with Crippen molar-refractivity contribution in [3.63, 3.8) is 0 Å². The number of nitrogens with one attached hydrogen (secondary N) is 1. The lowest BCUT2D eigenvalue weighted by atomic mass is 9.95. The fourth-order valence-electron chi connectivity index (χ4n) is 4.69. The molecule has 0 aromatic heterocycles. The maximum absolute atomic E-state index is 13.4. The lowest BCUT2D eigenvalue weighted by molar-refractivity contribution is -0.117. The molecule has 1 heterocycles. The third-order valence-corrected chi connectivity index (χ3v) is 6.70. The molecule has 3 aromatic rings. The fourth-order valence-corrected chi connectivity index (χ4v) is 4.69. The van der Waals surface area contributed by atoms with E-state index in [-0.39, 0.29) is 23.6 Å². The van der Waals surface area contributed by atoms with E-state index in [4.69, 9.17) is 4.74 Å². The van der Waals surface area contributed by atoms with Crippen LogP contribution in [0, 0.1) is 6.92 Å². The number of hydrogen-bond acceptors (Lipinski definition) is 3. The summed E-state index contributed by atoms with van der Waals surface area (Å²) >= 11 is 0. The number of amides is 2. The molecule has 0 radical (unpaired) electrons. The lowest BCUT2D eigenvalue weighted by Crippen LogP contribution is -2.36. The molecule has 0 unspecified atom stereocenters. The molecule has 5 heteroatoms. The van der Waals surface area contributed by atoms with Crippen molar-refractivity contribution >= 4 is 23.6 Å². The Morgan fingerprint density at radius 3 is 2.43 bits per heavy atom. The maximum atomic E-state index is 13.4. The van der Waals surface area contributed by atoms with E-state index in [1.807, 2.05) is 55.5 Å². The van der Waals surface area contributed by atoms with Crippen LogP contribution in [0.3, 0.4) is 0 Å². The van der Waals surface area contributed by atoms with Gasteiger partial charge in [0.2, 0.25) is 0 Å². The monoisotopic (exact) mass is 466 g/mol. The molecule has 1 saturated carbocycles. The molecule has 2 amide bonds.